The molecule has 0 spiro atoms. The maximum Gasteiger partial charge on any atom is 0.253 e. The molecular weight excluding hydrogens is 376 g/mol. The van der Waals surface area contributed by atoms with Crippen LogP contribution in [0.5, 0.6) is 0 Å². The summed E-state index contributed by atoms with van der Waals surface area (Å²) in [6.45, 7) is 5.54. The van der Waals surface area contributed by atoms with E-state index in [0.717, 1.165) is 16.7 Å². The lowest BCUT2D eigenvalue weighted by atomic mass is 10.1. The molecule has 0 aliphatic carbocycles. The molecule has 2 aromatic rings. The molecule has 7 heteroatoms. The van der Waals surface area contributed by atoms with E-state index in [2.05, 4.69) is 0 Å². The Bertz CT molecular complexity index is 947. The molecule has 1 aliphatic heterocycles. The molecule has 0 radical (unpaired) electrons. The second kappa shape index (κ2) is 8.43. The molecule has 2 aromatic carbocycles. The number of benzene rings is 2. The lowest BCUT2D eigenvalue weighted by Crippen LogP contribution is -2.50. The minimum absolute atomic E-state index is 0.0762. The maximum absolute atomic E-state index is 13.0. The lowest BCUT2D eigenvalue weighted by Gasteiger charge is -2.34. The summed E-state index contributed by atoms with van der Waals surface area (Å²) in [4.78, 5) is 14.8. The summed E-state index contributed by atoms with van der Waals surface area (Å²) in [5, 5.41) is 0. The Balaban J connectivity index is 1.68. The van der Waals surface area contributed by atoms with Gasteiger partial charge in [0.1, 0.15) is 0 Å². The highest BCUT2D eigenvalue weighted by molar-refractivity contribution is 7.89. The van der Waals surface area contributed by atoms with Crippen molar-refractivity contribution in [3.63, 3.8) is 0 Å². The normalized spacial score (nSPS) is 15.6. The smallest absolute Gasteiger partial charge is 0.253 e. The van der Waals surface area contributed by atoms with Gasteiger partial charge in [0.15, 0.2) is 0 Å². The van der Waals surface area contributed by atoms with Crippen LogP contribution in [0.4, 0.5) is 0 Å². The van der Waals surface area contributed by atoms with Crippen LogP contribution in [-0.2, 0) is 21.4 Å². The number of carbonyl (C=O) groups excluding carboxylic acids is 1. The molecule has 28 heavy (non-hydrogen) atoms. The van der Waals surface area contributed by atoms with E-state index >= 15 is 0 Å². The summed E-state index contributed by atoms with van der Waals surface area (Å²) in [7, 11) is -1.93. The van der Waals surface area contributed by atoms with Gasteiger partial charge >= 0.3 is 0 Å². The highest BCUT2D eigenvalue weighted by Gasteiger charge is 2.31. The molecule has 0 N–H and O–H groups in total. The SMILES string of the molecule is COCc1ccc(C(=O)N2CCN(S(=O)(=O)c3cc(C)ccc3C)CC2)cc1. The van der Waals surface area contributed by atoms with Crippen molar-refractivity contribution in [2.75, 3.05) is 33.3 Å². The Kier molecular flexibility index (Phi) is 6.17. The molecule has 0 unspecified atom stereocenters. The molecular formula is C21H26N2O4S. The van der Waals surface area contributed by atoms with Crippen molar-refractivity contribution in [1.29, 1.82) is 0 Å². The van der Waals surface area contributed by atoms with Gasteiger partial charge in [-0.1, -0.05) is 24.3 Å². The van der Waals surface area contributed by atoms with Gasteiger partial charge in [-0.25, -0.2) is 8.42 Å². The van der Waals surface area contributed by atoms with E-state index in [0.29, 0.717) is 43.2 Å². The fraction of sp³-hybridized carbons (Fsp3) is 0.381. The van der Waals surface area contributed by atoms with Crippen LogP contribution in [0.1, 0.15) is 27.0 Å². The molecule has 0 atom stereocenters. The predicted octanol–water partition coefficient (Wildman–Crippen LogP) is 2.60. The minimum Gasteiger partial charge on any atom is -0.380 e. The standard InChI is InChI=1S/C21H26N2O4S/c1-16-4-5-17(2)20(14-16)28(25,26)23-12-10-22(11-13-23)21(24)19-8-6-18(7-9-19)15-27-3/h4-9,14H,10-13,15H2,1-3H3. The second-order valence-electron chi connectivity index (χ2n) is 7.10. The van der Waals surface area contributed by atoms with Crippen molar-refractivity contribution >= 4 is 15.9 Å². The number of hydrogen-bond donors (Lipinski definition) is 0. The summed E-state index contributed by atoms with van der Waals surface area (Å²) < 4.78 is 32.6. The largest absolute Gasteiger partial charge is 0.380 e. The van der Waals surface area contributed by atoms with Crippen LogP contribution < -0.4 is 0 Å². The first-order chi connectivity index (χ1) is 13.3. The van der Waals surface area contributed by atoms with E-state index in [4.69, 9.17) is 4.74 Å². The van der Waals surface area contributed by atoms with Crippen molar-refractivity contribution in [3.05, 3.63) is 64.7 Å². The number of methoxy groups -OCH3 is 1. The van der Waals surface area contributed by atoms with E-state index in [1.165, 1.54) is 4.31 Å². The molecule has 1 amide bonds. The van der Waals surface area contributed by atoms with E-state index < -0.39 is 10.0 Å². The topological polar surface area (TPSA) is 66.9 Å². The van der Waals surface area contributed by atoms with Crippen LogP contribution in [0.3, 0.4) is 0 Å². The quantitative estimate of drug-likeness (QED) is 0.771. The van der Waals surface area contributed by atoms with Crippen LogP contribution in [0.15, 0.2) is 47.4 Å². The highest BCUT2D eigenvalue weighted by Crippen LogP contribution is 2.23. The molecule has 1 saturated heterocycles. The first-order valence-corrected chi connectivity index (χ1v) is 10.7. The van der Waals surface area contributed by atoms with Crippen LogP contribution in [0.25, 0.3) is 0 Å². The number of piperazine rings is 1. The summed E-state index contributed by atoms with van der Waals surface area (Å²) in [5.74, 6) is -0.0762. The zero-order chi connectivity index (χ0) is 20.3. The number of hydrogen-bond acceptors (Lipinski definition) is 4. The minimum atomic E-state index is -3.56. The number of amides is 1. The average molecular weight is 403 g/mol. The summed E-state index contributed by atoms with van der Waals surface area (Å²) in [5.41, 5.74) is 3.25. The van der Waals surface area contributed by atoms with Gasteiger partial charge in [0.25, 0.3) is 5.91 Å². The van der Waals surface area contributed by atoms with E-state index in [9.17, 15) is 13.2 Å². The molecule has 0 aromatic heterocycles. The fourth-order valence-electron chi connectivity index (χ4n) is 3.35. The van der Waals surface area contributed by atoms with Gasteiger partial charge < -0.3 is 9.64 Å². The third kappa shape index (κ3) is 4.27. The number of aryl methyl sites for hydroxylation is 2. The molecule has 0 bridgehead atoms. The van der Waals surface area contributed by atoms with Crippen molar-refractivity contribution < 1.29 is 17.9 Å². The van der Waals surface area contributed by atoms with E-state index in [1.54, 1.807) is 37.1 Å². The molecule has 1 fully saturated rings. The van der Waals surface area contributed by atoms with Crippen LogP contribution in [0, 0.1) is 13.8 Å². The Hall–Kier alpha value is -2.22. The first kappa shape index (κ1) is 20.5. The zero-order valence-electron chi connectivity index (χ0n) is 16.5. The Labute approximate surface area is 166 Å². The summed E-state index contributed by atoms with van der Waals surface area (Å²) in [6.07, 6.45) is 0. The number of sulfonamides is 1. The predicted molar refractivity (Wildman–Crippen MR) is 108 cm³/mol. The van der Waals surface area contributed by atoms with Gasteiger partial charge in [-0.2, -0.15) is 4.31 Å². The third-order valence-corrected chi connectivity index (χ3v) is 7.04. The van der Waals surface area contributed by atoms with E-state index in [1.807, 2.05) is 31.2 Å². The molecule has 0 saturated carbocycles. The second-order valence-corrected chi connectivity index (χ2v) is 9.00. The van der Waals surface area contributed by atoms with Gasteiger partial charge in [0, 0.05) is 38.9 Å². The fourth-order valence-corrected chi connectivity index (χ4v) is 5.08. The van der Waals surface area contributed by atoms with Gasteiger partial charge in [0.2, 0.25) is 10.0 Å². The van der Waals surface area contributed by atoms with Gasteiger partial charge in [-0.05, 0) is 48.7 Å². The van der Waals surface area contributed by atoms with Crippen molar-refractivity contribution in [2.45, 2.75) is 25.3 Å². The summed E-state index contributed by atoms with van der Waals surface area (Å²) in [6, 6.07) is 12.8. The molecule has 6 nitrogen and oxygen atoms in total. The van der Waals surface area contributed by atoms with Crippen LogP contribution in [0.2, 0.25) is 0 Å². The van der Waals surface area contributed by atoms with Crippen molar-refractivity contribution in [3.8, 4) is 0 Å². The lowest BCUT2D eigenvalue weighted by molar-refractivity contribution is 0.0698. The van der Waals surface area contributed by atoms with Crippen molar-refractivity contribution in [1.82, 2.24) is 9.21 Å². The third-order valence-electron chi connectivity index (χ3n) is 5.00. The average Bonchev–Trinajstić information content (AvgIpc) is 2.70. The molecule has 150 valence electrons. The first-order valence-electron chi connectivity index (χ1n) is 9.27. The Morgan fingerprint density at radius 3 is 2.25 bits per heavy atom. The zero-order valence-corrected chi connectivity index (χ0v) is 17.3. The van der Waals surface area contributed by atoms with Crippen LogP contribution >= 0.6 is 0 Å². The molecule has 1 heterocycles. The monoisotopic (exact) mass is 402 g/mol. The summed E-state index contributed by atoms with van der Waals surface area (Å²) >= 11 is 0. The Morgan fingerprint density at radius 1 is 1.00 bits per heavy atom. The van der Waals surface area contributed by atoms with Crippen molar-refractivity contribution in [2.24, 2.45) is 0 Å². The van der Waals surface area contributed by atoms with Crippen LogP contribution in [-0.4, -0.2) is 56.8 Å². The number of rotatable bonds is 5. The van der Waals surface area contributed by atoms with E-state index in [-0.39, 0.29) is 5.91 Å². The number of nitrogens with zero attached hydrogens (tertiary/aromatic N) is 2. The molecule has 3 rings (SSSR count). The Morgan fingerprint density at radius 2 is 1.64 bits per heavy atom. The van der Waals surface area contributed by atoms with Gasteiger partial charge in [0.05, 0.1) is 11.5 Å². The van der Waals surface area contributed by atoms with Gasteiger partial charge in [-0.15, -0.1) is 0 Å². The maximum atomic E-state index is 13.0. The van der Waals surface area contributed by atoms with Gasteiger partial charge in [-0.3, -0.25) is 4.79 Å². The molecule has 1 aliphatic rings. The number of ether oxygens (including phenoxy) is 1. The number of carbonyl (C=O) groups is 1. The highest BCUT2D eigenvalue weighted by atomic mass is 32.2.